The van der Waals surface area contributed by atoms with Crippen LogP contribution in [0.15, 0.2) is 103 Å². The highest BCUT2D eigenvalue weighted by atomic mass is 16.5. The molecular weight excluding hydrogens is 655 g/mol. The largest absolute Gasteiger partial charge is 0.489 e. The van der Waals surface area contributed by atoms with E-state index in [4.69, 9.17) is 17.0 Å². The number of aliphatic hydroxyl groups excluding tert-OH is 2. The van der Waals surface area contributed by atoms with Crippen LogP contribution < -0.4 is 5.73 Å². The smallest absolute Gasteiger partial charge is 0.130 e. The van der Waals surface area contributed by atoms with Gasteiger partial charge >= 0.3 is 0 Å². The van der Waals surface area contributed by atoms with E-state index in [1.165, 1.54) is 11.1 Å². The summed E-state index contributed by atoms with van der Waals surface area (Å²) in [4.78, 5) is 13.5. The highest BCUT2D eigenvalue weighted by Gasteiger charge is 2.70. The van der Waals surface area contributed by atoms with Crippen molar-refractivity contribution in [2.24, 2.45) is 51.1 Å². The molecule has 53 heavy (non-hydrogen) atoms. The molecule has 2 saturated carbocycles. The Morgan fingerprint density at radius 3 is 2.15 bits per heavy atom. The molecule has 0 radical (unpaired) electrons. The van der Waals surface area contributed by atoms with Crippen molar-refractivity contribution in [3.05, 3.63) is 114 Å². The lowest BCUT2D eigenvalue weighted by molar-refractivity contribution is -0.214. The van der Waals surface area contributed by atoms with Gasteiger partial charge in [0.05, 0.1) is 18.2 Å². The molecule has 5 heteroatoms. The number of hydrogen-bond acceptors (Lipinski definition) is 5. The Labute approximate surface area is 320 Å². The molecule has 0 amide bonds. The summed E-state index contributed by atoms with van der Waals surface area (Å²) in [6.07, 6.45) is 1.91. The number of Topliss-reactive ketones (excluding diaryl/α,β-unsaturated/α-hetero) is 1. The second kappa shape index (κ2) is 15.1. The van der Waals surface area contributed by atoms with Crippen molar-refractivity contribution in [2.45, 2.75) is 125 Å². The van der Waals surface area contributed by atoms with E-state index in [1.807, 2.05) is 60.7 Å². The number of fused-ring (bicyclic) bond motifs is 3. The lowest BCUT2D eigenvalue weighted by Crippen LogP contribution is -2.68. The number of rotatable bonds is 12. The molecule has 3 aliphatic rings. The van der Waals surface area contributed by atoms with Crippen LogP contribution >= 0.6 is 0 Å². The van der Waals surface area contributed by atoms with E-state index in [0.717, 1.165) is 36.0 Å². The Hall–Kier alpha value is -3.25. The van der Waals surface area contributed by atoms with Crippen LogP contribution in [0, 0.1) is 45.3 Å². The predicted molar refractivity (Wildman–Crippen MR) is 219 cm³/mol. The zero-order valence-corrected chi connectivity index (χ0v) is 34.0. The summed E-state index contributed by atoms with van der Waals surface area (Å²) < 4.78 is 7.48. The number of benzene rings is 2. The lowest BCUT2D eigenvalue weighted by atomic mass is 9.37. The number of hydrogen-bond donors (Lipinski definition) is 3. The summed E-state index contributed by atoms with van der Waals surface area (Å²) in [6.45, 7) is 34.0. The van der Waals surface area contributed by atoms with Crippen molar-refractivity contribution in [3.63, 3.8) is 0 Å². The molecule has 2 fully saturated rings. The SMILES string of the molecule is C=C(OC1C2C(CC)(CC(C)=O)C(C)CC(O)C2(C)C(=C)C(CC)C2=C(C)C(CC(=C)C(O)C(N)c3ccccc3)CC1(C)C2(C)C)c1ccccc1. The van der Waals surface area contributed by atoms with Crippen LogP contribution in [0.3, 0.4) is 0 Å². The van der Waals surface area contributed by atoms with Crippen LogP contribution in [-0.2, 0) is 9.53 Å². The van der Waals surface area contributed by atoms with Crippen LogP contribution in [0.1, 0.15) is 118 Å². The van der Waals surface area contributed by atoms with Gasteiger partial charge in [0, 0.05) is 34.7 Å². The van der Waals surface area contributed by atoms with Crippen LogP contribution in [0.4, 0.5) is 0 Å². The van der Waals surface area contributed by atoms with E-state index in [1.54, 1.807) is 6.92 Å². The van der Waals surface area contributed by atoms with Crippen LogP contribution in [0.5, 0.6) is 0 Å². The zero-order chi connectivity index (χ0) is 39.3. The van der Waals surface area contributed by atoms with Gasteiger partial charge in [-0.15, -0.1) is 0 Å². The second-order valence-electron chi connectivity index (χ2n) is 18.0. The van der Waals surface area contributed by atoms with Crippen molar-refractivity contribution < 1.29 is 19.7 Å². The molecule has 0 spiro atoms. The zero-order valence-electron chi connectivity index (χ0n) is 34.0. The minimum absolute atomic E-state index is 0.00222. The minimum atomic E-state index is -0.912. The first kappa shape index (κ1) is 40.9. The van der Waals surface area contributed by atoms with Gasteiger partial charge in [-0.25, -0.2) is 0 Å². The summed E-state index contributed by atoms with van der Waals surface area (Å²) in [5, 5.41) is 24.1. The molecule has 11 unspecified atom stereocenters. The minimum Gasteiger partial charge on any atom is -0.489 e. The van der Waals surface area contributed by atoms with Gasteiger partial charge in [-0.2, -0.15) is 0 Å². The van der Waals surface area contributed by atoms with Crippen LogP contribution in [0.25, 0.3) is 5.76 Å². The van der Waals surface area contributed by atoms with Gasteiger partial charge in [0.25, 0.3) is 0 Å². The quantitative estimate of drug-likeness (QED) is 0.150. The maximum Gasteiger partial charge on any atom is 0.130 e. The molecule has 5 rings (SSSR count). The maximum absolute atomic E-state index is 13.5. The van der Waals surface area contributed by atoms with Gasteiger partial charge in [-0.1, -0.05) is 146 Å². The Bertz CT molecular complexity index is 1730. The van der Waals surface area contributed by atoms with E-state index in [2.05, 4.69) is 68.5 Å². The summed E-state index contributed by atoms with van der Waals surface area (Å²) in [6, 6.07) is 19.2. The first-order valence-electron chi connectivity index (χ1n) is 20.0. The van der Waals surface area contributed by atoms with Crippen LogP contribution in [0.2, 0.25) is 0 Å². The Kier molecular flexibility index (Phi) is 11.7. The fourth-order valence-electron chi connectivity index (χ4n) is 11.7. The molecule has 0 aromatic heterocycles. The molecule has 2 bridgehead atoms. The number of ketones is 1. The van der Waals surface area contributed by atoms with Gasteiger partial charge in [0.1, 0.15) is 17.6 Å². The first-order valence-corrected chi connectivity index (χ1v) is 20.0. The maximum atomic E-state index is 13.5. The topological polar surface area (TPSA) is 92.8 Å². The van der Waals surface area contributed by atoms with Crippen molar-refractivity contribution >= 4 is 11.5 Å². The lowest BCUT2D eigenvalue weighted by Gasteiger charge is -2.69. The molecule has 288 valence electrons. The van der Waals surface area contributed by atoms with Gasteiger partial charge < -0.3 is 25.5 Å². The van der Waals surface area contributed by atoms with Crippen molar-refractivity contribution in [1.29, 1.82) is 0 Å². The molecule has 2 aromatic rings. The van der Waals surface area contributed by atoms with Crippen molar-refractivity contribution in [3.8, 4) is 0 Å². The third-order valence-corrected chi connectivity index (χ3v) is 15.2. The molecule has 5 nitrogen and oxygen atoms in total. The number of nitrogens with two attached hydrogens (primary N) is 1. The van der Waals surface area contributed by atoms with E-state index >= 15 is 0 Å². The standard InChI is InChI=1S/C48H67NO4/c1-13-38-33(7)47(12)39(51)26-30(4)48(14-2,27-31(5)50)43(47)44(53-34(8)35-21-17-15-18-22-35)46(11)28-37(32(6)40(38)45(46,9)10)25-29(3)42(52)41(49)36-23-19-16-20-24-36/h15-24,30,37-39,41-44,51-52H,3,7-8,13-14,25-28,49H2,1-2,4-6,9-12H3. The fraction of sp³-hybridized carbons (Fsp3) is 0.562. The van der Waals surface area contributed by atoms with E-state index in [9.17, 15) is 15.0 Å². The molecule has 0 saturated heterocycles. The first-order chi connectivity index (χ1) is 24.8. The van der Waals surface area contributed by atoms with Crippen molar-refractivity contribution in [1.82, 2.24) is 0 Å². The molecule has 0 aliphatic heterocycles. The predicted octanol–water partition coefficient (Wildman–Crippen LogP) is 10.4. The third-order valence-electron chi connectivity index (χ3n) is 15.2. The number of ether oxygens (including phenoxy) is 1. The average Bonchev–Trinajstić information content (AvgIpc) is 3.13. The van der Waals surface area contributed by atoms with Crippen LogP contribution in [-0.4, -0.2) is 34.3 Å². The molecule has 2 aromatic carbocycles. The second-order valence-corrected chi connectivity index (χ2v) is 18.0. The van der Waals surface area contributed by atoms with E-state index < -0.39 is 40.6 Å². The highest BCUT2D eigenvalue weighted by Crippen LogP contribution is 2.72. The summed E-state index contributed by atoms with van der Waals surface area (Å²) in [7, 11) is 0. The number of aliphatic hydroxyl groups is 2. The van der Waals surface area contributed by atoms with E-state index in [0.29, 0.717) is 30.6 Å². The number of carbonyl (C=O) groups is 1. The van der Waals surface area contributed by atoms with Crippen molar-refractivity contribution in [2.75, 3.05) is 0 Å². The highest BCUT2D eigenvalue weighted by molar-refractivity contribution is 5.76. The average molecular weight is 722 g/mol. The fourth-order valence-corrected chi connectivity index (χ4v) is 11.7. The summed E-state index contributed by atoms with van der Waals surface area (Å²) >= 11 is 0. The Morgan fingerprint density at radius 2 is 1.60 bits per heavy atom. The summed E-state index contributed by atoms with van der Waals surface area (Å²) in [5.74, 6) is 0.592. The van der Waals surface area contributed by atoms with Gasteiger partial charge in [-0.3, -0.25) is 0 Å². The molecule has 11 atom stereocenters. The Morgan fingerprint density at radius 1 is 1.02 bits per heavy atom. The third kappa shape index (κ3) is 6.63. The Balaban J connectivity index is 1.77. The van der Waals surface area contributed by atoms with Gasteiger partial charge in [-0.05, 0) is 79.8 Å². The molecule has 4 N–H and O–H groups in total. The number of carbonyl (C=O) groups excluding carboxylic acids is 1. The molecular formula is C48H67NO4. The van der Waals surface area contributed by atoms with Gasteiger partial charge in [0.15, 0.2) is 0 Å². The molecule has 3 aliphatic carbocycles. The van der Waals surface area contributed by atoms with Gasteiger partial charge in [0.2, 0.25) is 0 Å². The normalized spacial score (nSPS) is 35.0. The monoisotopic (exact) mass is 722 g/mol. The summed E-state index contributed by atoms with van der Waals surface area (Å²) in [5.41, 5.74) is 10.7. The number of allylic oxidation sites excluding steroid dienone is 2. The van der Waals surface area contributed by atoms with E-state index in [-0.39, 0.29) is 34.9 Å². The molecule has 0 heterocycles.